The summed E-state index contributed by atoms with van der Waals surface area (Å²) in [5.74, 6) is 1.30. The van der Waals surface area contributed by atoms with E-state index in [0.717, 1.165) is 44.1 Å². The SMILES string of the molecule is C=C(CCC(C)C1CC(O)C2C3CC(O)C4CC(O)CC[C@]4(C)C3CC[C@]12C)C(C)COC1OC[C@@H](O)C(OS(=O)(=O)[O-])C1O[C@@H]1OC[C@@H](O)C(O)C1OC.[Na+]. The third-order valence-electron chi connectivity index (χ3n) is 15.1. The Morgan fingerprint density at radius 3 is 2.20 bits per heavy atom. The summed E-state index contributed by atoms with van der Waals surface area (Å²) < 4.78 is 68.1. The summed E-state index contributed by atoms with van der Waals surface area (Å²) in [4.78, 5) is 0. The van der Waals surface area contributed by atoms with Crippen LogP contribution in [0.25, 0.3) is 0 Å². The molecule has 6 rings (SSSR count). The van der Waals surface area contributed by atoms with Crippen LogP contribution in [-0.2, 0) is 38.3 Å². The zero-order valence-corrected chi connectivity index (χ0v) is 36.7. The standard InChI is InChI=1S/C39H66O15S.Na/c1-19(21(3)16-50-36-35(33(30(44)18-51-36)54-55(46,47)48)53-37-34(49-6)32(45)29(43)17-52-37)7-8-20(2)25-15-28(42)31-23-14-27(41)26-13-22(40)9-11-38(26,4)24(23)10-12-39(25,31)5;/h20-37,40-45H,1,7-18H2,2-6H3,(H,46,47,48);/q;+1/p-1/t20?,21?,22?,23?,24?,25?,26?,27?,28?,29-,30-,31?,32?,33?,34?,35?,36?,37+,38-,39-;/m1./s1. The van der Waals surface area contributed by atoms with E-state index in [0.29, 0.717) is 37.0 Å². The second-order valence-electron chi connectivity index (χ2n) is 18.3. The Balaban J connectivity index is 0.00000600. The van der Waals surface area contributed by atoms with Gasteiger partial charge >= 0.3 is 29.6 Å². The number of aliphatic hydroxyl groups excluding tert-OH is 6. The smallest absolute Gasteiger partial charge is 0.726 e. The topological polar surface area (TPSA) is 234 Å². The van der Waals surface area contributed by atoms with Gasteiger partial charge in [-0.15, -0.1) is 0 Å². The van der Waals surface area contributed by atoms with Crippen LogP contribution in [-0.4, -0.2) is 138 Å². The van der Waals surface area contributed by atoms with Crippen LogP contribution in [0, 0.1) is 52.3 Å². The van der Waals surface area contributed by atoms with Crippen molar-refractivity contribution in [3.63, 3.8) is 0 Å². The molecule has 6 aliphatic rings. The van der Waals surface area contributed by atoms with E-state index < -0.39 is 78.4 Å². The van der Waals surface area contributed by atoms with Crippen LogP contribution in [0.5, 0.6) is 0 Å². The van der Waals surface area contributed by atoms with E-state index in [1.165, 1.54) is 7.11 Å². The minimum absolute atomic E-state index is 0. The Morgan fingerprint density at radius 1 is 0.857 bits per heavy atom. The van der Waals surface area contributed by atoms with Gasteiger partial charge in [0.2, 0.25) is 10.4 Å². The summed E-state index contributed by atoms with van der Waals surface area (Å²) >= 11 is 0. The summed E-state index contributed by atoms with van der Waals surface area (Å²) in [6, 6.07) is 0. The second kappa shape index (κ2) is 18.6. The van der Waals surface area contributed by atoms with E-state index in [1.54, 1.807) is 0 Å². The molecule has 17 heteroatoms. The first kappa shape index (κ1) is 47.2. The zero-order valence-electron chi connectivity index (χ0n) is 33.9. The van der Waals surface area contributed by atoms with Gasteiger partial charge in [-0.2, -0.15) is 0 Å². The number of methoxy groups -OCH3 is 1. The molecule has 15 nitrogen and oxygen atoms in total. The summed E-state index contributed by atoms with van der Waals surface area (Å²) in [6.07, 6.45) is -5.25. The van der Waals surface area contributed by atoms with E-state index in [1.807, 2.05) is 6.92 Å². The van der Waals surface area contributed by atoms with E-state index in [2.05, 4.69) is 27.4 Å². The molecule has 0 aromatic heterocycles. The van der Waals surface area contributed by atoms with Crippen molar-refractivity contribution in [2.45, 2.75) is 153 Å². The van der Waals surface area contributed by atoms with Crippen molar-refractivity contribution in [1.29, 1.82) is 0 Å². The van der Waals surface area contributed by atoms with Crippen LogP contribution in [0.1, 0.15) is 85.5 Å². The number of ether oxygens (including phenoxy) is 5. The van der Waals surface area contributed by atoms with Crippen LogP contribution in [0.3, 0.4) is 0 Å². The van der Waals surface area contributed by atoms with E-state index in [9.17, 15) is 43.6 Å². The molecular formula is C39H65NaO15S. The largest absolute Gasteiger partial charge is 1.00 e. The molecule has 0 amide bonds. The average molecular weight is 829 g/mol. The van der Waals surface area contributed by atoms with Gasteiger partial charge in [-0.3, -0.25) is 4.18 Å². The number of hydrogen-bond donors (Lipinski definition) is 6. The molecule has 6 fully saturated rings. The van der Waals surface area contributed by atoms with Crippen molar-refractivity contribution in [3.05, 3.63) is 12.2 Å². The van der Waals surface area contributed by atoms with Crippen molar-refractivity contribution >= 4 is 10.4 Å². The van der Waals surface area contributed by atoms with Crippen LogP contribution >= 0.6 is 0 Å². The van der Waals surface area contributed by atoms with E-state index in [-0.39, 0.29) is 83.4 Å². The third-order valence-corrected chi connectivity index (χ3v) is 15.6. The van der Waals surface area contributed by atoms with Crippen molar-refractivity contribution in [2.24, 2.45) is 52.3 Å². The van der Waals surface area contributed by atoms with Gasteiger partial charge < -0.3 is 58.9 Å². The van der Waals surface area contributed by atoms with Crippen molar-refractivity contribution < 1.29 is 101 Å². The predicted octanol–water partition coefficient (Wildman–Crippen LogP) is -1.38. The van der Waals surface area contributed by atoms with Crippen LogP contribution in [0.2, 0.25) is 0 Å². The van der Waals surface area contributed by atoms with Gasteiger partial charge in [-0.1, -0.05) is 39.8 Å². The van der Waals surface area contributed by atoms with Crippen LogP contribution in [0.4, 0.5) is 0 Å². The molecule has 318 valence electrons. The molecule has 2 heterocycles. The van der Waals surface area contributed by atoms with Crippen molar-refractivity contribution in [1.82, 2.24) is 0 Å². The summed E-state index contributed by atoms with van der Waals surface area (Å²) in [5, 5.41) is 64.6. The van der Waals surface area contributed by atoms with Crippen molar-refractivity contribution in [3.8, 4) is 0 Å². The number of fused-ring (bicyclic) bond motifs is 5. The molecule has 0 bridgehead atoms. The van der Waals surface area contributed by atoms with E-state index in [4.69, 9.17) is 27.9 Å². The minimum Gasteiger partial charge on any atom is -0.726 e. The monoisotopic (exact) mass is 828 g/mol. The Hall–Kier alpha value is 0.170. The first-order valence-electron chi connectivity index (χ1n) is 20.2. The molecule has 0 aromatic rings. The Morgan fingerprint density at radius 2 is 1.52 bits per heavy atom. The van der Waals surface area contributed by atoms with Gasteiger partial charge in [0.25, 0.3) is 0 Å². The minimum atomic E-state index is -5.30. The number of aliphatic hydroxyl groups is 6. The molecule has 4 saturated carbocycles. The molecule has 2 aliphatic heterocycles. The maximum Gasteiger partial charge on any atom is 1.00 e. The molecule has 6 N–H and O–H groups in total. The number of rotatable bonds is 13. The van der Waals surface area contributed by atoms with Gasteiger partial charge in [0.1, 0.15) is 36.6 Å². The van der Waals surface area contributed by atoms with Gasteiger partial charge in [-0.05, 0) is 104 Å². The quantitative estimate of drug-likeness (QED) is 0.0544. The Bertz CT molecular complexity index is 1440. The first-order chi connectivity index (χ1) is 25.8. The molecule has 2 saturated heterocycles. The molecule has 56 heavy (non-hydrogen) atoms. The predicted molar refractivity (Wildman–Crippen MR) is 194 cm³/mol. The first-order valence-corrected chi connectivity index (χ1v) is 21.6. The molecule has 4 aliphatic carbocycles. The molecular weight excluding hydrogens is 763 g/mol. The average Bonchev–Trinajstić information content (AvgIpc) is 3.40. The third kappa shape index (κ3) is 9.47. The van der Waals surface area contributed by atoms with Gasteiger partial charge in [0, 0.05) is 13.0 Å². The molecule has 0 spiro atoms. The molecule has 20 atom stereocenters. The second-order valence-corrected chi connectivity index (χ2v) is 19.3. The maximum atomic E-state index is 11.7. The Labute approximate surface area is 354 Å². The maximum absolute atomic E-state index is 11.7. The molecule has 0 radical (unpaired) electrons. The van der Waals surface area contributed by atoms with Gasteiger partial charge in [0.05, 0.1) is 38.1 Å². The van der Waals surface area contributed by atoms with Gasteiger partial charge in [-0.25, -0.2) is 8.42 Å². The summed E-state index contributed by atoms with van der Waals surface area (Å²) in [6.45, 7) is 12.5. The van der Waals surface area contributed by atoms with Crippen LogP contribution < -0.4 is 29.6 Å². The van der Waals surface area contributed by atoms with E-state index >= 15 is 0 Å². The zero-order chi connectivity index (χ0) is 40.2. The fourth-order valence-electron chi connectivity index (χ4n) is 12.1. The molecule has 0 aromatic carbocycles. The normalized spacial score (nSPS) is 47.8. The fraction of sp³-hybridized carbons (Fsp3) is 0.949. The fourth-order valence-corrected chi connectivity index (χ4v) is 12.6. The van der Waals surface area contributed by atoms with Crippen molar-refractivity contribution in [2.75, 3.05) is 26.9 Å². The number of hydrogen-bond acceptors (Lipinski definition) is 15. The van der Waals surface area contributed by atoms with Crippen LogP contribution in [0.15, 0.2) is 12.2 Å². The van der Waals surface area contributed by atoms with Gasteiger partial charge in [0.15, 0.2) is 12.6 Å². The Kier molecular flexibility index (Phi) is 15.7. The molecule has 15 unspecified atom stereocenters. The summed E-state index contributed by atoms with van der Waals surface area (Å²) in [7, 11) is -4.05. The summed E-state index contributed by atoms with van der Waals surface area (Å²) in [5.41, 5.74) is 0.833.